The third-order valence-corrected chi connectivity index (χ3v) is 2.21. The van der Waals surface area contributed by atoms with Gasteiger partial charge in [-0.3, -0.25) is 4.79 Å². The molecule has 1 aromatic rings. The van der Waals surface area contributed by atoms with Gasteiger partial charge in [0.25, 0.3) is 0 Å². The summed E-state index contributed by atoms with van der Waals surface area (Å²) in [5, 5.41) is 0. The summed E-state index contributed by atoms with van der Waals surface area (Å²) in [6.07, 6.45) is -4.39. The number of alkyl halides is 3. The smallest absolute Gasteiger partial charge is 0.411 e. The van der Waals surface area contributed by atoms with Crippen molar-refractivity contribution in [2.24, 2.45) is 0 Å². The molecule has 0 aliphatic heterocycles. The zero-order valence-corrected chi connectivity index (χ0v) is 11.2. The molecule has 0 aliphatic rings. The first-order valence-electron chi connectivity index (χ1n) is 6.15. The third kappa shape index (κ3) is 8.74. The van der Waals surface area contributed by atoms with Crippen molar-refractivity contribution in [2.45, 2.75) is 12.6 Å². The van der Waals surface area contributed by atoms with E-state index in [0.29, 0.717) is 11.4 Å². The van der Waals surface area contributed by atoms with E-state index in [1.54, 1.807) is 24.3 Å². The number of rotatable bonds is 8. The molecular formula is C13H16F3NO4. The predicted molar refractivity (Wildman–Crippen MR) is 68.8 cm³/mol. The zero-order valence-electron chi connectivity index (χ0n) is 11.2. The van der Waals surface area contributed by atoms with Crippen molar-refractivity contribution < 1.29 is 32.2 Å². The molecule has 0 aliphatic carbocycles. The summed E-state index contributed by atoms with van der Waals surface area (Å²) in [4.78, 5) is 11.2. The Hall–Kier alpha value is -1.96. The van der Waals surface area contributed by atoms with Gasteiger partial charge in [0.1, 0.15) is 19.0 Å². The molecule has 0 saturated carbocycles. The van der Waals surface area contributed by atoms with E-state index in [1.807, 2.05) is 0 Å². The van der Waals surface area contributed by atoms with Gasteiger partial charge in [-0.05, 0) is 24.3 Å². The van der Waals surface area contributed by atoms with E-state index in [-0.39, 0.29) is 26.2 Å². The monoisotopic (exact) mass is 307 g/mol. The van der Waals surface area contributed by atoms with Gasteiger partial charge in [-0.15, -0.1) is 0 Å². The Kier molecular flexibility index (Phi) is 6.80. The van der Waals surface area contributed by atoms with Crippen LogP contribution in [-0.4, -0.2) is 38.6 Å². The van der Waals surface area contributed by atoms with Gasteiger partial charge in [-0.2, -0.15) is 13.2 Å². The average molecular weight is 307 g/mol. The molecule has 21 heavy (non-hydrogen) atoms. The second-order valence-electron chi connectivity index (χ2n) is 4.06. The van der Waals surface area contributed by atoms with Gasteiger partial charge in [-0.25, -0.2) is 0 Å². The highest BCUT2D eigenvalue weighted by Crippen LogP contribution is 2.14. The molecule has 8 heteroatoms. The van der Waals surface area contributed by atoms with Gasteiger partial charge in [0.05, 0.1) is 19.6 Å². The van der Waals surface area contributed by atoms with Crippen molar-refractivity contribution in [3.63, 3.8) is 0 Å². The Balaban J connectivity index is 2.05. The minimum absolute atomic E-state index is 0.0103. The van der Waals surface area contributed by atoms with Crippen molar-refractivity contribution in [3.05, 3.63) is 24.3 Å². The molecule has 0 heterocycles. The normalized spacial score (nSPS) is 11.2. The third-order valence-electron chi connectivity index (χ3n) is 2.21. The van der Waals surface area contributed by atoms with Crippen LogP contribution in [0.15, 0.2) is 24.3 Å². The van der Waals surface area contributed by atoms with E-state index >= 15 is 0 Å². The highest BCUT2D eigenvalue weighted by molar-refractivity contribution is 5.69. The Labute approximate surface area is 119 Å². The van der Waals surface area contributed by atoms with Crippen LogP contribution in [-0.2, 0) is 14.3 Å². The van der Waals surface area contributed by atoms with Crippen LogP contribution in [0, 0.1) is 0 Å². The molecule has 0 unspecified atom stereocenters. The molecule has 0 amide bonds. The maximum Gasteiger partial charge on any atom is 0.411 e. The molecule has 0 atom stereocenters. The maximum absolute atomic E-state index is 11.7. The van der Waals surface area contributed by atoms with Gasteiger partial charge in [0.2, 0.25) is 0 Å². The van der Waals surface area contributed by atoms with Crippen molar-refractivity contribution in [2.75, 3.05) is 32.2 Å². The second-order valence-corrected chi connectivity index (χ2v) is 4.06. The predicted octanol–water partition coefficient (Wildman–Crippen LogP) is 2.16. The highest BCUT2D eigenvalue weighted by Gasteiger charge is 2.27. The summed E-state index contributed by atoms with van der Waals surface area (Å²) in [6.45, 7) is -1.78. The van der Waals surface area contributed by atoms with Gasteiger partial charge in [0.15, 0.2) is 0 Å². The maximum atomic E-state index is 11.7. The molecule has 1 aromatic carbocycles. The lowest BCUT2D eigenvalue weighted by molar-refractivity contribution is -0.177. The minimum Gasteiger partial charge on any atom is -0.493 e. The van der Waals surface area contributed by atoms with E-state index in [2.05, 4.69) is 9.47 Å². The van der Waals surface area contributed by atoms with E-state index in [4.69, 9.17) is 10.5 Å². The number of esters is 1. The van der Waals surface area contributed by atoms with Crippen molar-refractivity contribution in [1.29, 1.82) is 0 Å². The number of hydrogen-bond donors (Lipinski definition) is 1. The van der Waals surface area contributed by atoms with Gasteiger partial charge in [-0.1, -0.05) is 0 Å². The molecule has 0 saturated heterocycles. The number of nitrogens with two attached hydrogens (primary N) is 1. The highest BCUT2D eigenvalue weighted by atomic mass is 19.4. The van der Waals surface area contributed by atoms with Crippen LogP contribution in [0.25, 0.3) is 0 Å². The topological polar surface area (TPSA) is 70.8 Å². The molecule has 0 radical (unpaired) electrons. The van der Waals surface area contributed by atoms with E-state index in [9.17, 15) is 18.0 Å². The Morgan fingerprint density at radius 3 is 2.38 bits per heavy atom. The summed E-state index contributed by atoms with van der Waals surface area (Å²) >= 11 is 0. The fourth-order valence-corrected chi connectivity index (χ4v) is 1.29. The van der Waals surface area contributed by atoms with Crippen molar-refractivity contribution in [3.8, 4) is 5.75 Å². The summed E-state index contributed by atoms with van der Waals surface area (Å²) in [6, 6.07) is 6.63. The number of ether oxygens (including phenoxy) is 3. The first kappa shape index (κ1) is 17.1. The quantitative estimate of drug-likeness (QED) is 0.453. The number of halogens is 3. The van der Waals surface area contributed by atoms with Crippen LogP contribution in [0.3, 0.4) is 0 Å². The van der Waals surface area contributed by atoms with Crippen molar-refractivity contribution >= 4 is 11.7 Å². The molecular weight excluding hydrogens is 291 g/mol. The number of carbonyl (C=O) groups is 1. The fourth-order valence-electron chi connectivity index (χ4n) is 1.29. The largest absolute Gasteiger partial charge is 0.493 e. The van der Waals surface area contributed by atoms with Gasteiger partial charge < -0.3 is 19.9 Å². The van der Waals surface area contributed by atoms with Crippen LogP contribution in [0.2, 0.25) is 0 Å². The molecule has 0 fully saturated rings. The van der Waals surface area contributed by atoms with Crippen LogP contribution in [0.5, 0.6) is 5.75 Å². The molecule has 0 spiro atoms. The number of benzene rings is 1. The van der Waals surface area contributed by atoms with Crippen LogP contribution in [0.4, 0.5) is 18.9 Å². The molecule has 5 nitrogen and oxygen atoms in total. The standard InChI is InChI=1S/C13H16F3NO4/c14-13(15,16)9-19-7-8-21-12(18)5-6-20-11-3-1-10(17)2-4-11/h1-4H,5-9,17H2. The van der Waals surface area contributed by atoms with Gasteiger partial charge in [0, 0.05) is 5.69 Å². The van der Waals surface area contributed by atoms with E-state index in [1.165, 1.54) is 0 Å². The number of hydrogen-bond acceptors (Lipinski definition) is 5. The summed E-state index contributed by atoms with van der Waals surface area (Å²) in [7, 11) is 0. The minimum atomic E-state index is -4.38. The second kappa shape index (κ2) is 8.35. The van der Waals surface area contributed by atoms with Crippen LogP contribution < -0.4 is 10.5 Å². The zero-order chi connectivity index (χ0) is 15.7. The summed E-state index contributed by atoms with van der Waals surface area (Å²) in [5.41, 5.74) is 6.10. The Morgan fingerprint density at radius 2 is 1.76 bits per heavy atom. The number of carbonyl (C=O) groups excluding carboxylic acids is 1. The average Bonchev–Trinajstić information content (AvgIpc) is 2.39. The molecule has 1 rings (SSSR count). The van der Waals surface area contributed by atoms with E-state index < -0.39 is 18.8 Å². The van der Waals surface area contributed by atoms with Crippen LogP contribution in [0.1, 0.15) is 6.42 Å². The first-order chi connectivity index (χ1) is 9.87. The first-order valence-corrected chi connectivity index (χ1v) is 6.15. The lowest BCUT2D eigenvalue weighted by Crippen LogP contribution is -2.20. The fraction of sp³-hybridized carbons (Fsp3) is 0.462. The molecule has 0 bridgehead atoms. The summed E-state index contributed by atoms with van der Waals surface area (Å²) < 4.78 is 49.4. The molecule has 0 aromatic heterocycles. The SMILES string of the molecule is Nc1ccc(OCCC(=O)OCCOCC(F)(F)F)cc1. The number of nitrogen functional groups attached to an aromatic ring is 1. The Morgan fingerprint density at radius 1 is 1.10 bits per heavy atom. The van der Waals surface area contributed by atoms with Crippen molar-refractivity contribution in [1.82, 2.24) is 0 Å². The molecule has 2 N–H and O–H groups in total. The molecule has 118 valence electrons. The summed E-state index contributed by atoms with van der Waals surface area (Å²) in [5.74, 6) is -0.00781. The Bertz CT molecular complexity index is 434. The lowest BCUT2D eigenvalue weighted by Gasteiger charge is -2.09. The number of anilines is 1. The van der Waals surface area contributed by atoms with E-state index in [0.717, 1.165) is 0 Å². The van der Waals surface area contributed by atoms with Crippen LogP contribution >= 0.6 is 0 Å². The van der Waals surface area contributed by atoms with Gasteiger partial charge >= 0.3 is 12.1 Å². The lowest BCUT2D eigenvalue weighted by atomic mass is 10.3.